The van der Waals surface area contributed by atoms with E-state index in [1.54, 1.807) is 6.07 Å². The number of hydrogen-bond acceptors (Lipinski definition) is 4. The van der Waals surface area contributed by atoms with Crippen LogP contribution in [0.3, 0.4) is 0 Å². The van der Waals surface area contributed by atoms with Crippen molar-refractivity contribution in [3.8, 4) is 5.88 Å². The molecule has 90 valence electrons. The number of pyridine rings is 1. The summed E-state index contributed by atoms with van der Waals surface area (Å²) in [5.41, 5.74) is 5.81. The first-order valence-electron chi connectivity index (χ1n) is 5.26. The fourth-order valence-electron chi connectivity index (χ4n) is 1.27. The summed E-state index contributed by atoms with van der Waals surface area (Å²) in [5, 5.41) is 0. The Morgan fingerprint density at radius 3 is 2.88 bits per heavy atom. The van der Waals surface area contributed by atoms with E-state index < -0.39 is 5.82 Å². The van der Waals surface area contributed by atoms with Crippen LogP contribution in [0, 0.1) is 5.82 Å². The molecular formula is C11H18FN3O. The Kier molecular flexibility index (Phi) is 5.14. The molecule has 0 spiro atoms. The highest BCUT2D eigenvalue weighted by Crippen LogP contribution is 2.16. The van der Waals surface area contributed by atoms with Gasteiger partial charge in [0.05, 0.1) is 6.61 Å². The lowest BCUT2D eigenvalue weighted by atomic mass is 10.2. The van der Waals surface area contributed by atoms with Crippen molar-refractivity contribution in [1.29, 1.82) is 0 Å². The second-order valence-electron chi connectivity index (χ2n) is 3.80. The van der Waals surface area contributed by atoms with E-state index in [1.165, 1.54) is 6.20 Å². The van der Waals surface area contributed by atoms with Crippen molar-refractivity contribution in [2.75, 3.05) is 27.2 Å². The third-order valence-corrected chi connectivity index (χ3v) is 2.15. The number of nitrogens with two attached hydrogens (primary N) is 1. The Morgan fingerprint density at radius 1 is 1.50 bits per heavy atom. The molecule has 0 fully saturated rings. The van der Waals surface area contributed by atoms with Gasteiger partial charge >= 0.3 is 0 Å². The number of rotatable bonds is 6. The molecule has 0 atom stereocenters. The maximum Gasteiger partial charge on any atom is 0.250 e. The van der Waals surface area contributed by atoms with Crippen LogP contribution in [0.2, 0.25) is 0 Å². The van der Waals surface area contributed by atoms with E-state index >= 15 is 0 Å². The molecule has 0 aromatic carbocycles. The van der Waals surface area contributed by atoms with Crippen LogP contribution in [0.1, 0.15) is 12.0 Å². The van der Waals surface area contributed by atoms with Crippen molar-refractivity contribution in [2.24, 2.45) is 5.73 Å². The SMILES string of the molecule is CN(C)CCCOc1nccc(CN)c1F. The van der Waals surface area contributed by atoms with Crippen molar-refractivity contribution < 1.29 is 9.13 Å². The van der Waals surface area contributed by atoms with Crippen LogP contribution < -0.4 is 10.5 Å². The topological polar surface area (TPSA) is 51.4 Å². The highest BCUT2D eigenvalue weighted by atomic mass is 19.1. The minimum Gasteiger partial charge on any atom is -0.476 e. The Morgan fingerprint density at radius 2 is 2.25 bits per heavy atom. The van der Waals surface area contributed by atoms with Crippen molar-refractivity contribution >= 4 is 0 Å². The van der Waals surface area contributed by atoms with Gasteiger partial charge in [0.1, 0.15) is 0 Å². The van der Waals surface area contributed by atoms with Gasteiger partial charge in [0.2, 0.25) is 0 Å². The molecule has 5 heteroatoms. The maximum atomic E-state index is 13.6. The van der Waals surface area contributed by atoms with E-state index in [0.29, 0.717) is 12.2 Å². The van der Waals surface area contributed by atoms with Crippen LogP contribution in [-0.4, -0.2) is 37.1 Å². The first-order chi connectivity index (χ1) is 7.65. The molecule has 1 heterocycles. The molecule has 4 nitrogen and oxygen atoms in total. The third-order valence-electron chi connectivity index (χ3n) is 2.15. The number of halogens is 1. The molecule has 2 N–H and O–H groups in total. The molecule has 0 saturated heterocycles. The fourth-order valence-corrected chi connectivity index (χ4v) is 1.27. The van der Waals surface area contributed by atoms with Gasteiger partial charge in [-0.15, -0.1) is 0 Å². The molecule has 0 saturated carbocycles. The Balaban J connectivity index is 2.47. The van der Waals surface area contributed by atoms with Crippen molar-refractivity contribution in [2.45, 2.75) is 13.0 Å². The molecule has 1 aromatic heterocycles. The van der Waals surface area contributed by atoms with E-state index in [9.17, 15) is 4.39 Å². The summed E-state index contributed by atoms with van der Waals surface area (Å²) in [6.45, 7) is 1.51. The molecule has 0 unspecified atom stereocenters. The van der Waals surface area contributed by atoms with Crippen molar-refractivity contribution in [3.05, 3.63) is 23.6 Å². The summed E-state index contributed by atoms with van der Waals surface area (Å²) < 4.78 is 18.8. The molecule has 0 aliphatic heterocycles. The average Bonchev–Trinajstić information content (AvgIpc) is 2.26. The smallest absolute Gasteiger partial charge is 0.250 e. The van der Waals surface area contributed by atoms with Gasteiger partial charge in [0, 0.05) is 24.8 Å². The highest BCUT2D eigenvalue weighted by Gasteiger charge is 2.09. The normalized spacial score (nSPS) is 10.8. The van der Waals surface area contributed by atoms with E-state index in [4.69, 9.17) is 10.5 Å². The monoisotopic (exact) mass is 227 g/mol. The van der Waals surface area contributed by atoms with Gasteiger partial charge < -0.3 is 15.4 Å². The molecule has 0 aliphatic rings. The Labute approximate surface area is 95.2 Å². The largest absolute Gasteiger partial charge is 0.476 e. The van der Waals surface area contributed by atoms with Gasteiger partial charge in [-0.05, 0) is 26.6 Å². The van der Waals surface area contributed by atoms with E-state index in [1.807, 2.05) is 19.0 Å². The van der Waals surface area contributed by atoms with Crippen LogP contribution >= 0.6 is 0 Å². The summed E-state index contributed by atoms with van der Waals surface area (Å²) in [5.74, 6) is -0.406. The van der Waals surface area contributed by atoms with Gasteiger partial charge in [-0.25, -0.2) is 9.37 Å². The Hall–Kier alpha value is -1.20. The first kappa shape index (κ1) is 12.9. The predicted molar refractivity (Wildman–Crippen MR) is 60.8 cm³/mol. The highest BCUT2D eigenvalue weighted by molar-refractivity contribution is 5.23. The fraction of sp³-hybridized carbons (Fsp3) is 0.545. The van der Waals surface area contributed by atoms with E-state index in [2.05, 4.69) is 4.98 Å². The summed E-state index contributed by atoms with van der Waals surface area (Å²) >= 11 is 0. The van der Waals surface area contributed by atoms with E-state index in [-0.39, 0.29) is 12.4 Å². The van der Waals surface area contributed by atoms with Gasteiger partial charge in [0.25, 0.3) is 5.88 Å². The lowest BCUT2D eigenvalue weighted by molar-refractivity contribution is 0.261. The predicted octanol–water partition coefficient (Wildman–Crippen LogP) is 1.01. The minimum absolute atomic E-state index is 0.0432. The van der Waals surface area contributed by atoms with Crippen LogP contribution in [0.25, 0.3) is 0 Å². The van der Waals surface area contributed by atoms with Crippen LogP contribution in [0.4, 0.5) is 4.39 Å². The van der Waals surface area contributed by atoms with Gasteiger partial charge in [0.15, 0.2) is 5.82 Å². The third kappa shape index (κ3) is 3.75. The molecule has 1 aromatic rings. The zero-order valence-corrected chi connectivity index (χ0v) is 9.74. The molecule has 0 amide bonds. The Bertz CT molecular complexity index is 331. The maximum absolute atomic E-state index is 13.6. The van der Waals surface area contributed by atoms with Gasteiger partial charge in [-0.1, -0.05) is 0 Å². The molecule has 0 aliphatic carbocycles. The lowest BCUT2D eigenvalue weighted by Crippen LogP contribution is -2.16. The number of aromatic nitrogens is 1. The molecular weight excluding hydrogens is 209 g/mol. The van der Waals surface area contributed by atoms with Crippen LogP contribution in [0.15, 0.2) is 12.3 Å². The first-order valence-corrected chi connectivity index (χ1v) is 5.26. The average molecular weight is 227 g/mol. The summed E-state index contributed by atoms with van der Waals surface area (Å²) in [6.07, 6.45) is 2.34. The minimum atomic E-state index is -0.449. The lowest BCUT2D eigenvalue weighted by Gasteiger charge is -2.10. The zero-order chi connectivity index (χ0) is 12.0. The molecule has 0 bridgehead atoms. The quantitative estimate of drug-likeness (QED) is 0.737. The van der Waals surface area contributed by atoms with Gasteiger partial charge in [-0.3, -0.25) is 0 Å². The molecule has 1 rings (SSSR count). The summed E-state index contributed by atoms with van der Waals surface area (Å²) in [6, 6.07) is 1.56. The number of nitrogens with zero attached hydrogens (tertiary/aromatic N) is 2. The summed E-state index contributed by atoms with van der Waals surface area (Å²) in [4.78, 5) is 5.88. The van der Waals surface area contributed by atoms with Gasteiger partial charge in [-0.2, -0.15) is 0 Å². The summed E-state index contributed by atoms with van der Waals surface area (Å²) in [7, 11) is 3.96. The number of hydrogen-bond donors (Lipinski definition) is 1. The second kappa shape index (κ2) is 6.40. The molecule has 0 radical (unpaired) electrons. The number of ether oxygens (including phenoxy) is 1. The second-order valence-corrected chi connectivity index (χ2v) is 3.80. The van der Waals surface area contributed by atoms with E-state index in [0.717, 1.165) is 13.0 Å². The molecule has 16 heavy (non-hydrogen) atoms. The van der Waals surface area contributed by atoms with Crippen molar-refractivity contribution in [3.63, 3.8) is 0 Å². The van der Waals surface area contributed by atoms with Crippen molar-refractivity contribution in [1.82, 2.24) is 9.88 Å². The van der Waals surface area contributed by atoms with Crippen LogP contribution in [-0.2, 0) is 6.54 Å². The standard InChI is InChI=1S/C11H18FN3O/c1-15(2)6-3-7-16-11-10(12)9(8-13)4-5-14-11/h4-5H,3,6-8,13H2,1-2H3. The zero-order valence-electron chi connectivity index (χ0n) is 9.74. The van der Waals surface area contributed by atoms with Crippen LogP contribution in [0.5, 0.6) is 5.88 Å².